The van der Waals surface area contributed by atoms with E-state index in [0.29, 0.717) is 13.2 Å². The molecule has 2 aliphatic rings. The van der Waals surface area contributed by atoms with Gasteiger partial charge in [0, 0.05) is 18.7 Å². The molecule has 2 fully saturated rings. The third-order valence-corrected chi connectivity index (χ3v) is 4.35. The van der Waals surface area contributed by atoms with Crippen molar-refractivity contribution in [3.8, 4) is 5.75 Å². The van der Waals surface area contributed by atoms with Crippen molar-refractivity contribution in [2.24, 2.45) is 5.92 Å². The lowest BCUT2D eigenvalue weighted by Gasteiger charge is -2.22. The van der Waals surface area contributed by atoms with E-state index in [2.05, 4.69) is 6.92 Å². The summed E-state index contributed by atoms with van der Waals surface area (Å²) >= 11 is 0. The van der Waals surface area contributed by atoms with E-state index >= 15 is 0 Å². The van der Waals surface area contributed by atoms with Crippen LogP contribution in [0.4, 0.5) is 10.5 Å². The Balaban J connectivity index is 1.54. The summed E-state index contributed by atoms with van der Waals surface area (Å²) in [6.45, 7) is 3.30. The smallest absolute Gasteiger partial charge is 0.428 e. The Morgan fingerprint density at radius 3 is 2.58 bits per heavy atom. The van der Waals surface area contributed by atoms with Crippen molar-refractivity contribution in [2.45, 2.75) is 38.3 Å². The minimum atomic E-state index is -0.896. The van der Waals surface area contributed by atoms with E-state index in [-0.39, 0.29) is 30.1 Å². The van der Waals surface area contributed by atoms with Crippen molar-refractivity contribution >= 4 is 11.8 Å². The summed E-state index contributed by atoms with van der Waals surface area (Å²) in [5.74, 6) is -0.0363. The number of fused-ring (bicyclic) bond motifs is 1. The fraction of sp³-hybridized carbons (Fsp3) is 0.588. The topological polar surface area (TPSA) is 106 Å². The molecule has 0 amide bonds. The number of non-ortho nitro benzene ring substituents is 1. The summed E-state index contributed by atoms with van der Waals surface area (Å²) in [4.78, 5) is 22.1. The molecule has 0 aliphatic carbocycles. The molecule has 2 aliphatic heterocycles. The summed E-state index contributed by atoms with van der Waals surface area (Å²) in [5.41, 5.74) is -0.0899. The number of carbonyl (C=O) groups is 1. The average molecular weight is 367 g/mol. The van der Waals surface area contributed by atoms with Gasteiger partial charge in [-0.1, -0.05) is 13.3 Å². The van der Waals surface area contributed by atoms with Crippen molar-refractivity contribution in [3.05, 3.63) is 34.4 Å². The van der Waals surface area contributed by atoms with Crippen LogP contribution in [0, 0.1) is 16.0 Å². The predicted molar refractivity (Wildman–Crippen MR) is 87.8 cm³/mol. The molecule has 2 saturated heterocycles. The fourth-order valence-electron chi connectivity index (χ4n) is 2.99. The highest BCUT2D eigenvalue weighted by atomic mass is 16.8. The molecule has 142 valence electrons. The van der Waals surface area contributed by atoms with E-state index in [0.717, 1.165) is 12.8 Å². The Morgan fingerprint density at radius 2 is 1.92 bits per heavy atom. The SMILES string of the molecule is CCCCO[C@@H]1CO[C@@H]2OC[C@H](OC(=O)Oc3ccc([N+](=O)[O-])cc3)C21. The van der Waals surface area contributed by atoms with E-state index in [1.54, 1.807) is 0 Å². The number of ether oxygens (including phenoxy) is 5. The van der Waals surface area contributed by atoms with Crippen LogP contribution < -0.4 is 4.74 Å². The van der Waals surface area contributed by atoms with Crippen molar-refractivity contribution in [1.82, 2.24) is 0 Å². The van der Waals surface area contributed by atoms with Crippen LogP contribution in [-0.2, 0) is 18.9 Å². The van der Waals surface area contributed by atoms with Crippen LogP contribution in [0.2, 0.25) is 0 Å². The highest BCUT2D eigenvalue weighted by Gasteiger charge is 2.50. The molecule has 0 aromatic heterocycles. The molecule has 4 atom stereocenters. The molecule has 1 aromatic carbocycles. The summed E-state index contributed by atoms with van der Waals surface area (Å²) in [6.07, 6.45) is -0.0840. The molecule has 0 bridgehead atoms. The van der Waals surface area contributed by atoms with E-state index in [9.17, 15) is 14.9 Å². The van der Waals surface area contributed by atoms with Gasteiger partial charge in [0.1, 0.15) is 11.9 Å². The quantitative estimate of drug-likeness (QED) is 0.238. The number of nitro benzene ring substituents is 1. The molecule has 0 spiro atoms. The average Bonchev–Trinajstić information content (AvgIpc) is 3.19. The monoisotopic (exact) mass is 367 g/mol. The van der Waals surface area contributed by atoms with E-state index in [1.807, 2.05) is 0 Å². The first-order valence-electron chi connectivity index (χ1n) is 8.56. The zero-order valence-electron chi connectivity index (χ0n) is 14.4. The Hall–Kier alpha value is -2.23. The van der Waals surface area contributed by atoms with Gasteiger partial charge < -0.3 is 23.7 Å². The maximum atomic E-state index is 12.0. The van der Waals surface area contributed by atoms with Gasteiger partial charge >= 0.3 is 6.16 Å². The van der Waals surface area contributed by atoms with Gasteiger partial charge in [-0.15, -0.1) is 0 Å². The first kappa shape index (κ1) is 18.6. The fourth-order valence-corrected chi connectivity index (χ4v) is 2.99. The molecule has 0 radical (unpaired) electrons. The van der Waals surface area contributed by atoms with E-state index in [1.165, 1.54) is 24.3 Å². The molecule has 0 N–H and O–H groups in total. The number of benzene rings is 1. The maximum absolute atomic E-state index is 12.0. The summed E-state index contributed by atoms with van der Waals surface area (Å²) in [6, 6.07) is 5.17. The summed E-state index contributed by atoms with van der Waals surface area (Å²) in [7, 11) is 0. The van der Waals surface area contributed by atoms with Crippen LogP contribution in [-0.4, -0.2) is 49.4 Å². The van der Waals surface area contributed by atoms with Gasteiger partial charge in [-0.3, -0.25) is 10.1 Å². The minimum Gasteiger partial charge on any atom is -0.428 e. The van der Waals surface area contributed by atoms with Crippen LogP contribution in [0.5, 0.6) is 5.75 Å². The summed E-state index contributed by atoms with van der Waals surface area (Å²) < 4.78 is 27.3. The van der Waals surface area contributed by atoms with Gasteiger partial charge in [0.05, 0.1) is 30.2 Å². The zero-order valence-corrected chi connectivity index (χ0v) is 14.4. The first-order chi connectivity index (χ1) is 12.6. The molecular formula is C17H21NO8. The molecule has 3 rings (SSSR count). The second-order valence-electron chi connectivity index (χ2n) is 6.13. The minimum absolute atomic E-state index is 0.0899. The molecule has 1 unspecified atom stereocenters. The zero-order chi connectivity index (χ0) is 18.5. The third-order valence-electron chi connectivity index (χ3n) is 4.35. The second-order valence-corrected chi connectivity index (χ2v) is 6.13. The number of nitrogens with zero attached hydrogens (tertiary/aromatic N) is 1. The molecular weight excluding hydrogens is 346 g/mol. The van der Waals surface area contributed by atoms with Gasteiger partial charge in [0.2, 0.25) is 0 Å². The van der Waals surface area contributed by atoms with Crippen LogP contribution in [0.15, 0.2) is 24.3 Å². The van der Waals surface area contributed by atoms with Crippen LogP contribution in [0.25, 0.3) is 0 Å². The standard InChI is InChI=1S/C17H21NO8/c1-2-3-8-22-13-9-23-16-15(13)14(10-24-16)26-17(19)25-12-6-4-11(5-7-12)18(20)21/h4-7,13-16H,2-3,8-10H2,1H3/t13-,14+,15?,16-/m1/s1. The van der Waals surface area contributed by atoms with Gasteiger partial charge in [0.25, 0.3) is 5.69 Å². The molecule has 9 nitrogen and oxygen atoms in total. The largest absolute Gasteiger partial charge is 0.514 e. The number of nitro groups is 1. The lowest BCUT2D eigenvalue weighted by molar-refractivity contribution is -0.384. The van der Waals surface area contributed by atoms with Crippen molar-refractivity contribution < 1.29 is 33.4 Å². The molecule has 2 heterocycles. The Labute approximate surface area is 150 Å². The number of unbranched alkanes of at least 4 members (excludes halogenated alkanes) is 1. The van der Waals surface area contributed by atoms with Crippen LogP contribution in [0.3, 0.4) is 0 Å². The predicted octanol–water partition coefficient (Wildman–Crippen LogP) is 2.67. The van der Waals surface area contributed by atoms with Gasteiger partial charge in [-0.05, 0) is 18.6 Å². The van der Waals surface area contributed by atoms with Crippen molar-refractivity contribution in [2.75, 3.05) is 19.8 Å². The van der Waals surface area contributed by atoms with Crippen LogP contribution in [0.1, 0.15) is 19.8 Å². The first-order valence-corrected chi connectivity index (χ1v) is 8.56. The normalized spacial score (nSPS) is 27.1. The van der Waals surface area contributed by atoms with Gasteiger partial charge in [-0.25, -0.2) is 4.79 Å². The number of hydrogen-bond donors (Lipinski definition) is 0. The lowest BCUT2D eigenvalue weighted by Crippen LogP contribution is -2.36. The lowest BCUT2D eigenvalue weighted by atomic mass is 10.0. The Bertz CT molecular complexity index is 634. The Kier molecular flexibility index (Phi) is 6.02. The molecule has 1 aromatic rings. The molecule has 9 heteroatoms. The second kappa shape index (κ2) is 8.43. The van der Waals surface area contributed by atoms with Gasteiger partial charge in [-0.2, -0.15) is 0 Å². The third kappa shape index (κ3) is 4.29. The van der Waals surface area contributed by atoms with E-state index < -0.39 is 23.5 Å². The van der Waals surface area contributed by atoms with E-state index in [4.69, 9.17) is 23.7 Å². The van der Waals surface area contributed by atoms with Crippen LogP contribution >= 0.6 is 0 Å². The molecule has 26 heavy (non-hydrogen) atoms. The van der Waals surface area contributed by atoms with Crippen molar-refractivity contribution in [3.63, 3.8) is 0 Å². The number of rotatable bonds is 7. The number of hydrogen-bond acceptors (Lipinski definition) is 8. The highest BCUT2D eigenvalue weighted by molar-refractivity contribution is 5.64. The highest BCUT2D eigenvalue weighted by Crippen LogP contribution is 2.35. The Morgan fingerprint density at radius 1 is 1.23 bits per heavy atom. The molecule has 0 saturated carbocycles. The summed E-state index contributed by atoms with van der Waals surface area (Å²) in [5, 5.41) is 10.6. The maximum Gasteiger partial charge on any atom is 0.514 e. The number of carbonyl (C=O) groups excluding carboxylic acids is 1. The van der Waals surface area contributed by atoms with Crippen molar-refractivity contribution in [1.29, 1.82) is 0 Å². The van der Waals surface area contributed by atoms with Gasteiger partial charge in [0.15, 0.2) is 6.29 Å².